The molecule has 0 saturated carbocycles. The topological polar surface area (TPSA) is 76.3 Å². The van der Waals surface area contributed by atoms with Crippen molar-refractivity contribution in [1.29, 1.82) is 0 Å². The van der Waals surface area contributed by atoms with E-state index in [1.807, 2.05) is 0 Å². The van der Waals surface area contributed by atoms with E-state index in [0.29, 0.717) is 18.8 Å². The quantitative estimate of drug-likeness (QED) is 0.832. The number of nitrogen functional groups attached to an aromatic ring is 1. The lowest BCUT2D eigenvalue weighted by molar-refractivity contribution is 0.345. The molecule has 5 nitrogen and oxygen atoms in total. The zero-order chi connectivity index (χ0) is 11.6. The first-order valence-electron chi connectivity index (χ1n) is 5.32. The Kier molecular flexibility index (Phi) is 3.11. The molecular formula is C10H15N3O2S. The highest BCUT2D eigenvalue weighted by molar-refractivity contribution is 7.89. The predicted molar refractivity (Wildman–Crippen MR) is 61.3 cm³/mol. The van der Waals surface area contributed by atoms with E-state index < -0.39 is 10.0 Å². The van der Waals surface area contributed by atoms with E-state index in [1.165, 1.54) is 16.6 Å². The van der Waals surface area contributed by atoms with Crippen LogP contribution in [-0.4, -0.2) is 30.8 Å². The van der Waals surface area contributed by atoms with Crippen molar-refractivity contribution in [1.82, 2.24) is 9.29 Å². The van der Waals surface area contributed by atoms with Crippen LogP contribution in [-0.2, 0) is 10.0 Å². The molecule has 2 N–H and O–H groups in total. The average Bonchev–Trinajstić information content (AvgIpc) is 2.31. The number of pyridine rings is 1. The highest BCUT2D eigenvalue weighted by Crippen LogP contribution is 2.19. The molecule has 0 radical (unpaired) electrons. The number of nitrogens with two attached hydrogens (primary N) is 1. The molecule has 0 aromatic carbocycles. The molecule has 1 saturated heterocycles. The van der Waals surface area contributed by atoms with Crippen LogP contribution in [0.4, 0.5) is 5.69 Å². The summed E-state index contributed by atoms with van der Waals surface area (Å²) in [6.07, 6.45) is 4.32. The van der Waals surface area contributed by atoms with Gasteiger partial charge < -0.3 is 5.73 Å². The molecule has 0 spiro atoms. The Balaban J connectivity index is 2.27. The van der Waals surface area contributed by atoms with Crippen molar-refractivity contribution in [2.24, 2.45) is 0 Å². The lowest BCUT2D eigenvalue weighted by Crippen LogP contribution is -2.36. The van der Waals surface area contributed by atoms with Crippen LogP contribution in [0.25, 0.3) is 0 Å². The first kappa shape index (κ1) is 11.3. The van der Waals surface area contributed by atoms with E-state index in [2.05, 4.69) is 4.98 Å². The Labute approximate surface area is 95.3 Å². The van der Waals surface area contributed by atoms with Crippen molar-refractivity contribution in [2.45, 2.75) is 24.3 Å². The van der Waals surface area contributed by atoms with Gasteiger partial charge >= 0.3 is 0 Å². The molecule has 1 aromatic heterocycles. The molecule has 88 valence electrons. The van der Waals surface area contributed by atoms with Crippen LogP contribution in [0.15, 0.2) is 23.4 Å². The largest absolute Gasteiger partial charge is 0.397 e. The third-order valence-electron chi connectivity index (χ3n) is 2.68. The van der Waals surface area contributed by atoms with Crippen LogP contribution >= 0.6 is 0 Å². The molecule has 2 rings (SSSR count). The molecule has 16 heavy (non-hydrogen) atoms. The van der Waals surface area contributed by atoms with E-state index in [9.17, 15) is 8.42 Å². The van der Waals surface area contributed by atoms with Crippen molar-refractivity contribution >= 4 is 15.7 Å². The molecule has 6 heteroatoms. The number of nitrogens with zero attached hydrogens (tertiary/aromatic N) is 2. The van der Waals surface area contributed by atoms with E-state index in [-0.39, 0.29) is 5.03 Å². The lowest BCUT2D eigenvalue weighted by Gasteiger charge is -2.25. The van der Waals surface area contributed by atoms with Gasteiger partial charge in [-0.2, -0.15) is 4.31 Å². The summed E-state index contributed by atoms with van der Waals surface area (Å²) in [5.41, 5.74) is 5.95. The van der Waals surface area contributed by atoms with Crippen molar-refractivity contribution in [3.05, 3.63) is 18.3 Å². The summed E-state index contributed by atoms with van der Waals surface area (Å²) >= 11 is 0. The normalized spacial score (nSPS) is 18.5. The highest BCUT2D eigenvalue weighted by atomic mass is 32.2. The molecule has 1 aromatic rings. The van der Waals surface area contributed by atoms with Crippen molar-refractivity contribution < 1.29 is 8.42 Å². The Morgan fingerprint density at radius 3 is 2.44 bits per heavy atom. The van der Waals surface area contributed by atoms with Gasteiger partial charge in [-0.25, -0.2) is 13.4 Å². The smallest absolute Gasteiger partial charge is 0.260 e. The molecule has 1 fully saturated rings. The zero-order valence-corrected chi connectivity index (χ0v) is 9.78. The third kappa shape index (κ3) is 2.17. The summed E-state index contributed by atoms with van der Waals surface area (Å²) in [4.78, 5) is 3.87. The minimum Gasteiger partial charge on any atom is -0.397 e. The van der Waals surface area contributed by atoms with Crippen LogP contribution in [0.2, 0.25) is 0 Å². The number of hydrogen-bond donors (Lipinski definition) is 1. The molecule has 0 unspecified atom stereocenters. The van der Waals surface area contributed by atoms with Gasteiger partial charge in [-0.15, -0.1) is 0 Å². The number of aromatic nitrogens is 1. The summed E-state index contributed by atoms with van der Waals surface area (Å²) in [5.74, 6) is 0. The standard InChI is InChI=1S/C10H15N3O2S/c11-9-4-5-10(12-8-9)16(14,15)13-6-2-1-3-7-13/h4-5,8H,1-3,6-7,11H2. The Hall–Kier alpha value is -1.14. The average molecular weight is 241 g/mol. The minimum absolute atomic E-state index is 0.0867. The fourth-order valence-corrected chi connectivity index (χ4v) is 3.21. The molecule has 1 aliphatic heterocycles. The number of piperidine rings is 1. The molecular weight excluding hydrogens is 226 g/mol. The van der Waals surface area contributed by atoms with Crippen molar-refractivity contribution in [3.63, 3.8) is 0 Å². The number of anilines is 1. The second-order valence-electron chi connectivity index (χ2n) is 3.89. The molecule has 0 aliphatic carbocycles. The highest BCUT2D eigenvalue weighted by Gasteiger charge is 2.26. The van der Waals surface area contributed by atoms with Crippen LogP contribution in [0.1, 0.15) is 19.3 Å². The van der Waals surface area contributed by atoms with Crippen molar-refractivity contribution in [3.8, 4) is 0 Å². The number of rotatable bonds is 2. The van der Waals surface area contributed by atoms with Gasteiger partial charge in [-0.05, 0) is 25.0 Å². The summed E-state index contributed by atoms with van der Waals surface area (Å²) in [7, 11) is -3.41. The first-order valence-corrected chi connectivity index (χ1v) is 6.76. The van der Waals surface area contributed by atoms with Gasteiger partial charge in [-0.3, -0.25) is 0 Å². The van der Waals surface area contributed by atoms with Gasteiger partial charge in [-0.1, -0.05) is 6.42 Å². The van der Waals surface area contributed by atoms with Gasteiger partial charge in [0.2, 0.25) is 0 Å². The Bertz CT molecular complexity index is 449. The van der Waals surface area contributed by atoms with Crippen LogP contribution in [0, 0.1) is 0 Å². The van der Waals surface area contributed by atoms with Crippen LogP contribution < -0.4 is 5.73 Å². The monoisotopic (exact) mass is 241 g/mol. The van der Waals surface area contributed by atoms with E-state index in [0.717, 1.165) is 19.3 Å². The van der Waals surface area contributed by atoms with Gasteiger partial charge in [0.25, 0.3) is 10.0 Å². The maximum atomic E-state index is 12.1. The van der Waals surface area contributed by atoms with Crippen LogP contribution in [0.3, 0.4) is 0 Å². The second kappa shape index (κ2) is 4.39. The minimum atomic E-state index is -3.41. The van der Waals surface area contributed by atoms with Gasteiger partial charge in [0.05, 0.1) is 11.9 Å². The Morgan fingerprint density at radius 1 is 1.19 bits per heavy atom. The molecule has 0 atom stereocenters. The van der Waals surface area contributed by atoms with E-state index >= 15 is 0 Å². The third-order valence-corrected chi connectivity index (χ3v) is 4.49. The predicted octanol–water partition coefficient (Wildman–Crippen LogP) is 0.838. The summed E-state index contributed by atoms with van der Waals surface area (Å²) < 4.78 is 25.7. The molecule has 0 bridgehead atoms. The Morgan fingerprint density at radius 2 is 1.88 bits per heavy atom. The van der Waals surface area contributed by atoms with Crippen molar-refractivity contribution in [2.75, 3.05) is 18.8 Å². The van der Waals surface area contributed by atoms with Gasteiger partial charge in [0, 0.05) is 13.1 Å². The van der Waals surface area contributed by atoms with Gasteiger partial charge in [0.15, 0.2) is 5.03 Å². The number of hydrogen-bond acceptors (Lipinski definition) is 4. The summed E-state index contributed by atoms with van der Waals surface area (Å²) in [5, 5.41) is 0.0867. The SMILES string of the molecule is Nc1ccc(S(=O)(=O)N2CCCCC2)nc1. The lowest BCUT2D eigenvalue weighted by atomic mass is 10.2. The second-order valence-corrected chi connectivity index (χ2v) is 5.78. The fourth-order valence-electron chi connectivity index (χ4n) is 1.78. The summed E-state index contributed by atoms with van der Waals surface area (Å²) in [6.45, 7) is 1.18. The van der Waals surface area contributed by atoms with E-state index in [1.54, 1.807) is 6.07 Å². The maximum Gasteiger partial charge on any atom is 0.260 e. The first-order chi connectivity index (χ1) is 7.60. The van der Waals surface area contributed by atoms with E-state index in [4.69, 9.17) is 5.73 Å². The molecule has 2 heterocycles. The van der Waals surface area contributed by atoms with Gasteiger partial charge in [0.1, 0.15) is 0 Å². The maximum absolute atomic E-state index is 12.1. The summed E-state index contributed by atoms with van der Waals surface area (Å²) in [6, 6.07) is 3.02. The number of sulfonamides is 1. The molecule has 1 aliphatic rings. The van der Waals surface area contributed by atoms with Crippen LogP contribution in [0.5, 0.6) is 0 Å². The molecule has 0 amide bonds. The fraction of sp³-hybridized carbons (Fsp3) is 0.500. The zero-order valence-electron chi connectivity index (χ0n) is 8.96.